The Morgan fingerprint density at radius 3 is 2.82 bits per heavy atom. The number of hydrogen-bond donors (Lipinski definition) is 1. The van der Waals surface area contributed by atoms with Gasteiger partial charge in [-0.1, -0.05) is 55.1 Å². The third-order valence-corrected chi connectivity index (χ3v) is 7.29. The number of nitro groups is 1. The number of thioether (sulfide) groups is 2. The van der Waals surface area contributed by atoms with Crippen LogP contribution in [0.25, 0.3) is 0 Å². The molecule has 8 nitrogen and oxygen atoms in total. The summed E-state index contributed by atoms with van der Waals surface area (Å²) in [4.78, 5) is 41.6. The first-order valence-electron chi connectivity index (χ1n) is 10.4. The van der Waals surface area contributed by atoms with Gasteiger partial charge in [-0.05, 0) is 18.1 Å². The van der Waals surface area contributed by atoms with Gasteiger partial charge in [-0.2, -0.15) is 0 Å². The van der Waals surface area contributed by atoms with Crippen LogP contribution in [0.2, 0.25) is 0 Å². The van der Waals surface area contributed by atoms with E-state index in [0.29, 0.717) is 34.0 Å². The summed E-state index contributed by atoms with van der Waals surface area (Å²) in [5.41, 5.74) is 2.10. The number of nitrogens with one attached hydrogen (secondary N) is 1. The number of carbonyl (C=O) groups excluding carboxylic acids is 1. The summed E-state index contributed by atoms with van der Waals surface area (Å²) in [5.74, 6) is -0.297. The summed E-state index contributed by atoms with van der Waals surface area (Å²) < 4.78 is 1.65. The normalized spacial score (nSPS) is 14.6. The molecule has 10 heteroatoms. The molecule has 0 saturated carbocycles. The molecule has 1 atom stereocenters. The van der Waals surface area contributed by atoms with Gasteiger partial charge in [0.15, 0.2) is 5.16 Å². The fraction of sp³-hybridized carbons (Fsp3) is 0.261. The van der Waals surface area contributed by atoms with Crippen LogP contribution >= 0.6 is 23.5 Å². The minimum Gasteiger partial charge on any atom is -0.325 e. The van der Waals surface area contributed by atoms with Gasteiger partial charge < -0.3 is 5.32 Å². The predicted molar refractivity (Wildman–Crippen MR) is 130 cm³/mol. The minimum atomic E-state index is -0.511. The van der Waals surface area contributed by atoms with Gasteiger partial charge in [0, 0.05) is 36.0 Å². The fourth-order valence-electron chi connectivity index (χ4n) is 3.55. The molecule has 1 unspecified atom stereocenters. The molecule has 1 aromatic heterocycles. The van der Waals surface area contributed by atoms with Gasteiger partial charge in [0.05, 0.1) is 21.3 Å². The van der Waals surface area contributed by atoms with E-state index in [-0.39, 0.29) is 22.9 Å². The van der Waals surface area contributed by atoms with E-state index in [1.807, 2.05) is 30.3 Å². The summed E-state index contributed by atoms with van der Waals surface area (Å²) in [6.45, 7) is 2.53. The van der Waals surface area contributed by atoms with E-state index in [0.717, 1.165) is 17.7 Å². The van der Waals surface area contributed by atoms with Gasteiger partial charge in [0.25, 0.3) is 11.2 Å². The van der Waals surface area contributed by atoms with Gasteiger partial charge >= 0.3 is 0 Å². The summed E-state index contributed by atoms with van der Waals surface area (Å²) in [6.07, 6.45) is 1.40. The lowest BCUT2D eigenvalue weighted by Gasteiger charge is -2.14. The fourth-order valence-corrected chi connectivity index (χ4v) is 5.51. The SMILES string of the molecule is CC1Cc2nc(SCC(=O)Nc3cccc([N+](=O)[O-])c3)n(CCc3ccccc3)c(=O)c2S1. The highest BCUT2D eigenvalue weighted by Crippen LogP contribution is 2.34. The Morgan fingerprint density at radius 1 is 1.27 bits per heavy atom. The zero-order valence-electron chi connectivity index (χ0n) is 17.9. The van der Waals surface area contributed by atoms with Crippen molar-refractivity contribution in [1.29, 1.82) is 0 Å². The highest BCUT2D eigenvalue weighted by molar-refractivity contribution is 8.00. The smallest absolute Gasteiger partial charge is 0.271 e. The number of rotatable bonds is 8. The molecule has 2 heterocycles. The number of aryl methyl sites for hydroxylation is 1. The highest BCUT2D eigenvalue weighted by atomic mass is 32.2. The second kappa shape index (κ2) is 10.2. The maximum atomic E-state index is 13.2. The van der Waals surface area contributed by atoms with E-state index in [9.17, 15) is 19.7 Å². The van der Waals surface area contributed by atoms with E-state index in [1.165, 1.54) is 30.0 Å². The van der Waals surface area contributed by atoms with Gasteiger partial charge in [-0.25, -0.2) is 4.98 Å². The van der Waals surface area contributed by atoms with Crippen molar-refractivity contribution in [1.82, 2.24) is 9.55 Å². The Bertz CT molecular complexity index is 1250. The van der Waals surface area contributed by atoms with E-state index in [4.69, 9.17) is 4.98 Å². The first kappa shape index (κ1) is 23.1. The second-order valence-electron chi connectivity index (χ2n) is 7.64. The Hall–Kier alpha value is -3.11. The standard InChI is InChI=1S/C23H22N4O4S2/c1-15-12-19-21(33-15)22(29)26(11-10-16-6-3-2-4-7-16)23(25-19)32-14-20(28)24-17-8-5-9-18(13-17)27(30)31/h2-9,13,15H,10-12,14H2,1H3,(H,24,28). The third-order valence-electron chi connectivity index (χ3n) is 5.10. The number of nitrogens with zero attached hydrogens (tertiary/aromatic N) is 3. The Kier molecular flexibility index (Phi) is 7.14. The molecule has 0 bridgehead atoms. The number of benzene rings is 2. The predicted octanol–water partition coefficient (Wildman–Crippen LogP) is 4.16. The van der Waals surface area contributed by atoms with Gasteiger partial charge in [-0.15, -0.1) is 11.8 Å². The lowest BCUT2D eigenvalue weighted by molar-refractivity contribution is -0.384. The first-order valence-corrected chi connectivity index (χ1v) is 12.3. The average molecular weight is 483 g/mol. The molecule has 3 aromatic rings. The molecular formula is C23H22N4O4S2. The summed E-state index contributed by atoms with van der Waals surface area (Å²) in [6, 6.07) is 15.7. The van der Waals surface area contributed by atoms with Crippen molar-refractivity contribution in [2.45, 2.75) is 41.6 Å². The molecule has 0 aliphatic carbocycles. The molecule has 0 saturated heterocycles. The van der Waals surface area contributed by atoms with Crippen LogP contribution in [0.4, 0.5) is 11.4 Å². The quantitative estimate of drug-likeness (QED) is 0.222. The number of carbonyl (C=O) groups is 1. The Labute approximate surface area is 199 Å². The number of amides is 1. The van der Waals surface area contributed by atoms with Crippen molar-refractivity contribution < 1.29 is 9.72 Å². The number of fused-ring (bicyclic) bond motifs is 1. The maximum absolute atomic E-state index is 13.2. The average Bonchev–Trinajstić information content (AvgIpc) is 3.18. The molecule has 2 aromatic carbocycles. The van der Waals surface area contributed by atoms with E-state index in [2.05, 4.69) is 12.2 Å². The van der Waals surface area contributed by atoms with E-state index < -0.39 is 4.92 Å². The van der Waals surface area contributed by atoms with Gasteiger partial charge in [0.1, 0.15) is 0 Å². The van der Waals surface area contributed by atoms with Crippen LogP contribution in [0.5, 0.6) is 0 Å². The first-order chi connectivity index (χ1) is 15.9. The van der Waals surface area contributed by atoms with Crippen LogP contribution in [-0.4, -0.2) is 31.4 Å². The van der Waals surface area contributed by atoms with Crippen molar-refractivity contribution in [3.05, 3.63) is 86.3 Å². The number of anilines is 1. The molecule has 33 heavy (non-hydrogen) atoms. The molecule has 170 valence electrons. The van der Waals surface area contributed by atoms with Crippen LogP contribution in [0, 0.1) is 10.1 Å². The molecule has 1 N–H and O–H groups in total. The summed E-state index contributed by atoms with van der Waals surface area (Å²) in [7, 11) is 0. The van der Waals surface area contributed by atoms with E-state index in [1.54, 1.807) is 22.4 Å². The van der Waals surface area contributed by atoms with Crippen molar-refractivity contribution in [2.75, 3.05) is 11.1 Å². The van der Waals surface area contributed by atoms with Crippen LogP contribution in [-0.2, 0) is 24.2 Å². The number of hydrogen-bond acceptors (Lipinski definition) is 7. The molecule has 1 aliphatic rings. The zero-order valence-corrected chi connectivity index (χ0v) is 19.5. The van der Waals surface area contributed by atoms with Gasteiger partial charge in [0.2, 0.25) is 5.91 Å². The molecule has 1 aliphatic heterocycles. The molecule has 0 fully saturated rings. The Morgan fingerprint density at radius 2 is 2.06 bits per heavy atom. The largest absolute Gasteiger partial charge is 0.325 e. The van der Waals surface area contributed by atoms with Crippen LogP contribution in [0.3, 0.4) is 0 Å². The molecule has 0 radical (unpaired) electrons. The summed E-state index contributed by atoms with van der Waals surface area (Å²) >= 11 is 2.75. The van der Waals surface area contributed by atoms with Crippen LogP contribution < -0.4 is 10.9 Å². The monoisotopic (exact) mass is 482 g/mol. The number of aromatic nitrogens is 2. The maximum Gasteiger partial charge on any atom is 0.271 e. The number of nitro benzene ring substituents is 1. The third kappa shape index (κ3) is 5.63. The lowest BCUT2D eigenvalue weighted by atomic mass is 10.1. The molecule has 4 rings (SSSR count). The van der Waals surface area contributed by atoms with Crippen LogP contribution in [0.15, 0.2) is 69.4 Å². The topological polar surface area (TPSA) is 107 Å². The van der Waals surface area contributed by atoms with Crippen molar-refractivity contribution in [3.63, 3.8) is 0 Å². The van der Waals surface area contributed by atoms with Gasteiger partial charge in [-0.3, -0.25) is 24.3 Å². The van der Waals surface area contributed by atoms with Crippen LogP contribution in [0.1, 0.15) is 18.2 Å². The Balaban J connectivity index is 1.51. The molecule has 1 amide bonds. The minimum absolute atomic E-state index is 0.0297. The van der Waals surface area contributed by atoms with Crippen molar-refractivity contribution in [3.8, 4) is 0 Å². The van der Waals surface area contributed by atoms with Crippen molar-refractivity contribution >= 4 is 40.8 Å². The number of non-ortho nitro benzene ring substituents is 1. The van der Waals surface area contributed by atoms with Crippen molar-refractivity contribution in [2.24, 2.45) is 0 Å². The molecular weight excluding hydrogens is 460 g/mol. The second-order valence-corrected chi connectivity index (χ2v) is 10.0. The zero-order chi connectivity index (χ0) is 23.4. The highest BCUT2D eigenvalue weighted by Gasteiger charge is 2.26. The summed E-state index contributed by atoms with van der Waals surface area (Å²) in [5, 5.41) is 14.4. The molecule has 0 spiro atoms. The lowest BCUT2D eigenvalue weighted by Crippen LogP contribution is -2.27. The van der Waals surface area contributed by atoms with E-state index >= 15 is 0 Å².